The van der Waals surface area contributed by atoms with Crippen LogP contribution in [0.5, 0.6) is 0 Å². The zero-order chi connectivity index (χ0) is 13.6. The Balaban J connectivity index is 1.97. The summed E-state index contributed by atoms with van der Waals surface area (Å²) in [6, 6.07) is 7.96. The van der Waals surface area contributed by atoms with E-state index in [1.165, 1.54) is 0 Å². The molecule has 3 nitrogen and oxygen atoms in total. The van der Waals surface area contributed by atoms with Crippen molar-refractivity contribution < 1.29 is 5.11 Å². The van der Waals surface area contributed by atoms with Crippen LogP contribution in [-0.2, 0) is 0 Å². The molecule has 2 aromatic rings. The SMILES string of the molecule is CC1(C)C(O)CC1Nc1cc(Cl)cc2cccnc12. The van der Waals surface area contributed by atoms with Crippen LogP contribution in [0.15, 0.2) is 30.5 Å². The van der Waals surface area contributed by atoms with Gasteiger partial charge in [0.25, 0.3) is 0 Å². The molecule has 0 amide bonds. The Morgan fingerprint density at radius 3 is 2.89 bits per heavy atom. The predicted molar refractivity (Wildman–Crippen MR) is 78.6 cm³/mol. The van der Waals surface area contributed by atoms with Crippen LogP contribution in [0.2, 0.25) is 5.02 Å². The molecule has 4 heteroatoms. The number of benzene rings is 1. The molecule has 2 atom stereocenters. The Hall–Kier alpha value is -1.32. The number of nitrogens with one attached hydrogen (secondary N) is 1. The highest BCUT2D eigenvalue weighted by molar-refractivity contribution is 6.31. The van der Waals surface area contributed by atoms with Gasteiger partial charge in [-0.05, 0) is 24.6 Å². The molecule has 0 spiro atoms. The minimum Gasteiger partial charge on any atom is -0.392 e. The molecule has 2 unspecified atom stereocenters. The van der Waals surface area contributed by atoms with Crippen molar-refractivity contribution >= 4 is 28.2 Å². The minimum absolute atomic E-state index is 0.122. The fraction of sp³-hybridized carbons (Fsp3) is 0.400. The number of pyridine rings is 1. The third-order valence-corrected chi connectivity index (χ3v) is 4.43. The van der Waals surface area contributed by atoms with Crippen LogP contribution in [0.3, 0.4) is 0 Å². The smallest absolute Gasteiger partial charge is 0.0934 e. The van der Waals surface area contributed by atoms with Gasteiger partial charge in [-0.15, -0.1) is 0 Å². The van der Waals surface area contributed by atoms with Gasteiger partial charge in [-0.1, -0.05) is 31.5 Å². The van der Waals surface area contributed by atoms with Crippen molar-refractivity contribution in [3.8, 4) is 0 Å². The molecule has 1 fully saturated rings. The van der Waals surface area contributed by atoms with Crippen molar-refractivity contribution in [1.82, 2.24) is 4.98 Å². The van der Waals surface area contributed by atoms with E-state index in [2.05, 4.69) is 24.1 Å². The average molecular weight is 277 g/mol. The molecule has 1 saturated carbocycles. The van der Waals surface area contributed by atoms with Gasteiger partial charge >= 0.3 is 0 Å². The maximum atomic E-state index is 9.81. The molecule has 1 heterocycles. The highest BCUT2D eigenvalue weighted by atomic mass is 35.5. The Morgan fingerprint density at radius 2 is 2.21 bits per heavy atom. The summed E-state index contributed by atoms with van der Waals surface area (Å²) < 4.78 is 0. The van der Waals surface area contributed by atoms with Crippen molar-refractivity contribution in [3.63, 3.8) is 0 Å². The summed E-state index contributed by atoms with van der Waals surface area (Å²) in [5.74, 6) is 0. The molecule has 1 aliphatic carbocycles. The number of aliphatic hydroxyl groups is 1. The molecule has 0 aliphatic heterocycles. The number of aromatic nitrogens is 1. The number of hydrogen-bond donors (Lipinski definition) is 2. The third-order valence-electron chi connectivity index (χ3n) is 4.22. The van der Waals surface area contributed by atoms with E-state index < -0.39 is 0 Å². The van der Waals surface area contributed by atoms with Crippen molar-refractivity contribution in [2.75, 3.05) is 5.32 Å². The molecule has 1 aromatic heterocycles. The fourth-order valence-electron chi connectivity index (χ4n) is 2.60. The Bertz CT molecular complexity index is 627. The summed E-state index contributed by atoms with van der Waals surface area (Å²) >= 11 is 6.15. The van der Waals surface area contributed by atoms with Crippen molar-refractivity contribution in [2.24, 2.45) is 5.41 Å². The monoisotopic (exact) mass is 276 g/mol. The fourth-order valence-corrected chi connectivity index (χ4v) is 2.83. The number of halogens is 1. The molecule has 1 aromatic carbocycles. The van der Waals surface area contributed by atoms with Crippen LogP contribution in [-0.4, -0.2) is 22.2 Å². The van der Waals surface area contributed by atoms with E-state index in [4.69, 9.17) is 11.6 Å². The van der Waals surface area contributed by atoms with Gasteiger partial charge in [0.15, 0.2) is 0 Å². The van der Waals surface area contributed by atoms with Crippen molar-refractivity contribution in [3.05, 3.63) is 35.5 Å². The number of rotatable bonds is 2. The van der Waals surface area contributed by atoms with Crippen LogP contribution < -0.4 is 5.32 Å². The van der Waals surface area contributed by atoms with Gasteiger partial charge in [-0.3, -0.25) is 4.98 Å². The molecule has 0 bridgehead atoms. The Morgan fingerprint density at radius 1 is 1.42 bits per heavy atom. The van der Waals surface area contributed by atoms with Gasteiger partial charge in [0.2, 0.25) is 0 Å². The third kappa shape index (κ3) is 2.07. The first kappa shape index (κ1) is 12.7. The summed E-state index contributed by atoms with van der Waals surface area (Å²) in [6.07, 6.45) is 2.29. The van der Waals surface area contributed by atoms with E-state index in [0.717, 1.165) is 23.0 Å². The van der Waals surface area contributed by atoms with E-state index in [9.17, 15) is 5.11 Å². The number of nitrogens with zero attached hydrogens (tertiary/aromatic N) is 1. The van der Waals surface area contributed by atoms with Crippen molar-refractivity contribution in [2.45, 2.75) is 32.4 Å². The minimum atomic E-state index is -0.247. The van der Waals surface area contributed by atoms with E-state index in [0.29, 0.717) is 5.02 Å². The Labute approximate surface area is 117 Å². The van der Waals surface area contributed by atoms with E-state index in [1.807, 2.05) is 24.3 Å². The highest BCUT2D eigenvalue weighted by Gasteiger charge is 2.47. The summed E-state index contributed by atoms with van der Waals surface area (Å²) in [4.78, 5) is 4.42. The number of hydrogen-bond acceptors (Lipinski definition) is 3. The van der Waals surface area contributed by atoms with Crippen molar-refractivity contribution in [1.29, 1.82) is 0 Å². The Kier molecular flexibility index (Phi) is 2.91. The van der Waals surface area contributed by atoms with Crippen LogP contribution in [0, 0.1) is 5.41 Å². The van der Waals surface area contributed by atoms with Gasteiger partial charge in [0.1, 0.15) is 0 Å². The summed E-state index contributed by atoms with van der Waals surface area (Å²) in [5.41, 5.74) is 1.74. The summed E-state index contributed by atoms with van der Waals surface area (Å²) in [6.45, 7) is 4.14. The second-order valence-corrected chi connectivity index (χ2v) is 6.23. The quantitative estimate of drug-likeness (QED) is 0.883. The maximum absolute atomic E-state index is 9.81. The molecule has 19 heavy (non-hydrogen) atoms. The lowest BCUT2D eigenvalue weighted by atomic mass is 9.64. The lowest BCUT2D eigenvalue weighted by Gasteiger charge is -2.49. The van der Waals surface area contributed by atoms with Gasteiger partial charge in [-0.2, -0.15) is 0 Å². The zero-order valence-electron chi connectivity index (χ0n) is 11.0. The second-order valence-electron chi connectivity index (χ2n) is 5.80. The molecule has 100 valence electrons. The lowest BCUT2D eigenvalue weighted by molar-refractivity contribution is -0.0510. The highest BCUT2D eigenvalue weighted by Crippen LogP contribution is 2.43. The molecular weight excluding hydrogens is 260 g/mol. The van der Waals surface area contributed by atoms with Gasteiger partial charge in [-0.25, -0.2) is 0 Å². The van der Waals surface area contributed by atoms with Gasteiger partial charge < -0.3 is 10.4 Å². The van der Waals surface area contributed by atoms with Crippen LogP contribution in [0.1, 0.15) is 20.3 Å². The lowest BCUT2D eigenvalue weighted by Crippen LogP contribution is -2.56. The van der Waals surface area contributed by atoms with E-state index in [-0.39, 0.29) is 17.6 Å². The molecular formula is C15H17ClN2O. The number of fused-ring (bicyclic) bond motifs is 1. The molecule has 0 saturated heterocycles. The first-order valence-corrected chi connectivity index (χ1v) is 6.85. The summed E-state index contributed by atoms with van der Waals surface area (Å²) in [5, 5.41) is 15.0. The molecule has 1 aliphatic rings. The zero-order valence-corrected chi connectivity index (χ0v) is 11.8. The van der Waals surface area contributed by atoms with Gasteiger partial charge in [0.05, 0.1) is 17.3 Å². The first-order valence-electron chi connectivity index (χ1n) is 6.47. The topological polar surface area (TPSA) is 45.1 Å². The van der Waals surface area contributed by atoms with Crippen LogP contribution in [0.4, 0.5) is 5.69 Å². The standard InChI is InChI=1S/C15H17ClN2O/c1-15(2)12(8-13(15)19)18-11-7-10(16)6-9-4-3-5-17-14(9)11/h3-7,12-13,18-19H,8H2,1-2H3. The van der Waals surface area contributed by atoms with Gasteiger partial charge in [0, 0.05) is 28.1 Å². The second kappa shape index (κ2) is 4.36. The summed E-state index contributed by atoms with van der Waals surface area (Å²) in [7, 11) is 0. The average Bonchev–Trinajstić information content (AvgIpc) is 2.38. The largest absolute Gasteiger partial charge is 0.392 e. The van der Waals surface area contributed by atoms with E-state index in [1.54, 1.807) is 6.20 Å². The normalized spacial score (nSPS) is 25.1. The first-order chi connectivity index (χ1) is 8.98. The van der Waals surface area contributed by atoms with E-state index >= 15 is 0 Å². The number of aliphatic hydroxyl groups excluding tert-OH is 1. The molecule has 0 radical (unpaired) electrons. The van der Waals surface area contributed by atoms with Crippen LogP contribution in [0.25, 0.3) is 10.9 Å². The molecule has 2 N–H and O–H groups in total. The van der Waals surface area contributed by atoms with Crippen LogP contribution >= 0.6 is 11.6 Å². The maximum Gasteiger partial charge on any atom is 0.0934 e. The predicted octanol–water partition coefficient (Wildman–Crippen LogP) is 3.46. The number of anilines is 1. The molecule has 3 rings (SSSR count).